The van der Waals surface area contributed by atoms with Crippen LogP contribution in [0.25, 0.3) is 5.57 Å². The summed E-state index contributed by atoms with van der Waals surface area (Å²) in [7, 11) is 0. The molecule has 4 rings (SSSR count). The van der Waals surface area contributed by atoms with E-state index in [1.165, 1.54) is 24.1 Å². The van der Waals surface area contributed by atoms with Crippen LogP contribution in [0.3, 0.4) is 0 Å². The summed E-state index contributed by atoms with van der Waals surface area (Å²) in [6.45, 7) is 9.43. The molecule has 2 aliphatic carbocycles. The molecule has 37 heavy (non-hydrogen) atoms. The van der Waals surface area contributed by atoms with Crippen LogP contribution in [0.1, 0.15) is 57.6 Å². The zero-order valence-corrected chi connectivity index (χ0v) is 24.0. The third-order valence-electron chi connectivity index (χ3n) is 7.18. The number of ether oxygens (including phenoxy) is 2. The molecule has 198 valence electrons. The second kappa shape index (κ2) is 11.9. The summed E-state index contributed by atoms with van der Waals surface area (Å²) in [6, 6.07) is 6.73. The summed E-state index contributed by atoms with van der Waals surface area (Å²) in [5.41, 5.74) is 5.84. The predicted octanol–water partition coefficient (Wildman–Crippen LogP) is 7.05. The minimum Gasteiger partial charge on any atom is -0.490 e. The molecule has 1 aromatic rings. The summed E-state index contributed by atoms with van der Waals surface area (Å²) in [5.74, 6) is -0.324. The van der Waals surface area contributed by atoms with Crippen LogP contribution in [-0.2, 0) is 19.7 Å². The largest absolute Gasteiger partial charge is 0.490 e. The van der Waals surface area contributed by atoms with Gasteiger partial charge in [0.15, 0.2) is 0 Å². The SMILES string of the molecule is CC(C)(C)c1cc(C2=CC(C3=CCC(C(=O)O)C=C3)CC=C2OCCOC(=O)I)ccc1N1CCCC1. The van der Waals surface area contributed by atoms with Gasteiger partial charge >= 0.3 is 9.95 Å². The number of nitrogens with zero attached hydrogens (tertiary/aromatic N) is 1. The molecule has 0 radical (unpaired) electrons. The van der Waals surface area contributed by atoms with E-state index in [1.54, 1.807) is 28.7 Å². The number of carbonyl (C=O) groups is 2. The fourth-order valence-electron chi connectivity index (χ4n) is 5.21. The molecule has 0 spiro atoms. The third-order valence-corrected chi connectivity index (χ3v) is 7.49. The Hall–Kier alpha value is -2.55. The maximum Gasteiger partial charge on any atom is 0.367 e. The Morgan fingerprint density at radius 3 is 2.49 bits per heavy atom. The van der Waals surface area contributed by atoms with E-state index in [-0.39, 0.29) is 28.5 Å². The lowest BCUT2D eigenvalue weighted by Crippen LogP contribution is -2.24. The summed E-state index contributed by atoms with van der Waals surface area (Å²) in [5, 5.41) is 9.34. The van der Waals surface area contributed by atoms with Crippen LogP contribution in [0.2, 0.25) is 0 Å². The molecular formula is C30H36INO5. The smallest absolute Gasteiger partial charge is 0.367 e. The molecule has 1 aliphatic heterocycles. The molecular weight excluding hydrogens is 581 g/mol. The molecule has 1 saturated heterocycles. The first-order chi connectivity index (χ1) is 17.6. The van der Waals surface area contributed by atoms with Crippen molar-refractivity contribution in [2.75, 3.05) is 31.2 Å². The van der Waals surface area contributed by atoms with Crippen LogP contribution in [0.4, 0.5) is 10.5 Å². The van der Waals surface area contributed by atoms with Crippen molar-refractivity contribution in [3.8, 4) is 0 Å². The van der Waals surface area contributed by atoms with Crippen molar-refractivity contribution >= 4 is 43.8 Å². The number of allylic oxidation sites excluding steroid dienone is 6. The van der Waals surface area contributed by atoms with Crippen molar-refractivity contribution < 1.29 is 24.2 Å². The Balaban J connectivity index is 1.66. The first-order valence-corrected chi connectivity index (χ1v) is 14.1. The molecule has 0 saturated carbocycles. The number of halogens is 1. The van der Waals surface area contributed by atoms with Gasteiger partial charge in [-0.3, -0.25) is 4.79 Å². The van der Waals surface area contributed by atoms with Crippen molar-refractivity contribution in [2.45, 2.75) is 51.9 Å². The Morgan fingerprint density at radius 2 is 1.86 bits per heavy atom. The molecule has 6 nitrogen and oxygen atoms in total. The Labute approximate surface area is 233 Å². The maximum atomic E-state index is 11.4. The molecule has 0 amide bonds. The summed E-state index contributed by atoms with van der Waals surface area (Å²) < 4.78 is 10.8. The molecule has 2 atom stereocenters. The molecule has 7 heteroatoms. The van der Waals surface area contributed by atoms with Crippen molar-refractivity contribution in [1.29, 1.82) is 0 Å². The van der Waals surface area contributed by atoms with Crippen molar-refractivity contribution in [3.05, 3.63) is 71.0 Å². The third kappa shape index (κ3) is 6.86. The zero-order chi connectivity index (χ0) is 26.6. The van der Waals surface area contributed by atoms with Gasteiger partial charge in [0.05, 0.1) is 28.5 Å². The minimum absolute atomic E-state index is 0.0255. The van der Waals surface area contributed by atoms with Gasteiger partial charge in [0, 0.05) is 30.3 Å². The van der Waals surface area contributed by atoms with Gasteiger partial charge in [0.1, 0.15) is 19.0 Å². The van der Waals surface area contributed by atoms with Crippen molar-refractivity contribution in [3.63, 3.8) is 0 Å². The molecule has 1 heterocycles. The van der Waals surface area contributed by atoms with Crippen LogP contribution < -0.4 is 4.90 Å². The summed E-state index contributed by atoms with van der Waals surface area (Å²) >= 11 is 1.62. The molecule has 2 unspecified atom stereocenters. The van der Waals surface area contributed by atoms with Gasteiger partial charge in [0.25, 0.3) is 0 Å². The van der Waals surface area contributed by atoms with Gasteiger partial charge in [-0.25, -0.2) is 4.79 Å². The number of carboxylic acid groups (broad SMARTS) is 1. The number of carbonyl (C=O) groups excluding carboxylic acids is 1. The van der Waals surface area contributed by atoms with E-state index in [4.69, 9.17) is 9.47 Å². The Morgan fingerprint density at radius 1 is 1.11 bits per heavy atom. The van der Waals surface area contributed by atoms with E-state index in [2.05, 4.69) is 56.0 Å². The van der Waals surface area contributed by atoms with Gasteiger partial charge < -0.3 is 19.5 Å². The van der Waals surface area contributed by atoms with Crippen molar-refractivity contribution in [1.82, 2.24) is 0 Å². The summed E-state index contributed by atoms with van der Waals surface area (Å²) in [4.78, 5) is 25.0. The van der Waals surface area contributed by atoms with Crippen molar-refractivity contribution in [2.24, 2.45) is 11.8 Å². The Kier molecular flexibility index (Phi) is 8.82. The number of benzene rings is 1. The van der Waals surface area contributed by atoms with E-state index in [0.717, 1.165) is 42.0 Å². The Bertz CT molecular complexity index is 1150. The minimum atomic E-state index is -0.790. The highest BCUT2D eigenvalue weighted by Gasteiger charge is 2.27. The highest BCUT2D eigenvalue weighted by atomic mass is 127. The lowest BCUT2D eigenvalue weighted by Gasteiger charge is -2.30. The normalized spacial score (nSPS) is 21.7. The van der Waals surface area contributed by atoms with Crippen LogP contribution in [0, 0.1) is 11.8 Å². The number of aliphatic carboxylic acids is 1. The zero-order valence-electron chi connectivity index (χ0n) is 21.8. The van der Waals surface area contributed by atoms with Crippen LogP contribution >= 0.6 is 22.6 Å². The van der Waals surface area contributed by atoms with E-state index in [9.17, 15) is 14.7 Å². The average Bonchev–Trinajstić information content (AvgIpc) is 3.41. The van der Waals surface area contributed by atoms with Crippen LogP contribution in [0.5, 0.6) is 0 Å². The molecule has 1 N–H and O–H groups in total. The second-order valence-electron chi connectivity index (χ2n) is 10.8. The van der Waals surface area contributed by atoms with Gasteiger partial charge in [0.2, 0.25) is 0 Å². The summed E-state index contributed by atoms with van der Waals surface area (Å²) in [6.07, 6.45) is 13.9. The molecule has 0 bridgehead atoms. The van der Waals surface area contributed by atoms with Crippen LogP contribution in [-0.4, -0.2) is 41.4 Å². The van der Waals surface area contributed by atoms with Gasteiger partial charge in [-0.2, -0.15) is 0 Å². The lowest BCUT2D eigenvalue weighted by atomic mass is 9.80. The standard InChI is InChI=1S/C30H36INO5/c1-30(2,3)25-19-23(10-12-26(25)32-14-4-5-15-32)24-18-22(20-6-8-21(9-7-20)28(33)34)11-13-27(24)36-16-17-37-29(31)35/h6-8,10,12-13,18-19,21-22H,4-5,9,11,14-17H2,1-3H3,(H,33,34). The quantitative estimate of drug-likeness (QED) is 0.192. The molecule has 0 aromatic heterocycles. The number of anilines is 1. The van der Waals surface area contributed by atoms with E-state index in [1.807, 2.05) is 12.2 Å². The van der Waals surface area contributed by atoms with E-state index >= 15 is 0 Å². The number of hydrogen-bond acceptors (Lipinski definition) is 5. The monoisotopic (exact) mass is 617 g/mol. The first-order valence-electron chi connectivity index (χ1n) is 13.0. The fraction of sp³-hybridized carbons (Fsp3) is 0.467. The average molecular weight is 618 g/mol. The molecule has 3 aliphatic rings. The number of carboxylic acids is 1. The highest BCUT2D eigenvalue weighted by molar-refractivity contribution is 14.1. The van der Waals surface area contributed by atoms with Gasteiger partial charge in [-0.05, 0) is 66.0 Å². The highest BCUT2D eigenvalue weighted by Crippen LogP contribution is 2.40. The number of rotatable bonds is 8. The number of hydrogen-bond donors (Lipinski definition) is 1. The van der Waals surface area contributed by atoms with Gasteiger partial charge in [-0.1, -0.05) is 51.1 Å². The first kappa shape index (κ1) is 27.5. The van der Waals surface area contributed by atoms with Gasteiger partial charge in [-0.15, -0.1) is 0 Å². The lowest BCUT2D eigenvalue weighted by molar-refractivity contribution is -0.139. The second-order valence-corrected chi connectivity index (χ2v) is 11.7. The predicted molar refractivity (Wildman–Crippen MR) is 155 cm³/mol. The maximum absolute atomic E-state index is 11.4. The fourth-order valence-corrected chi connectivity index (χ4v) is 5.43. The molecule has 1 fully saturated rings. The van der Waals surface area contributed by atoms with E-state index < -0.39 is 11.9 Å². The van der Waals surface area contributed by atoms with Crippen LogP contribution in [0.15, 0.2) is 59.9 Å². The van der Waals surface area contributed by atoms with E-state index in [0.29, 0.717) is 6.42 Å². The topological polar surface area (TPSA) is 76.1 Å². The molecule has 1 aromatic carbocycles.